The fourth-order valence-corrected chi connectivity index (χ4v) is 2.02. The average Bonchev–Trinajstić information content (AvgIpc) is 2.29. The molecule has 2 unspecified atom stereocenters. The molecule has 4 heteroatoms. The number of hydrogen-bond donors (Lipinski definition) is 1. The van der Waals surface area contributed by atoms with Crippen molar-refractivity contribution in [3.05, 3.63) is 28.8 Å². The van der Waals surface area contributed by atoms with Gasteiger partial charge < -0.3 is 10.5 Å². The van der Waals surface area contributed by atoms with Crippen molar-refractivity contribution in [3.8, 4) is 5.75 Å². The summed E-state index contributed by atoms with van der Waals surface area (Å²) in [5, 5.41) is 0.484. The summed E-state index contributed by atoms with van der Waals surface area (Å²) in [5.41, 5.74) is 6.18. The summed E-state index contributed by atoms with van der Waals surface area (Å²) in [6, 6.07) is 4.97. The number of ether oxygens (including phenoxy) is 1. The third-order valence-electron chi connectivity index (χ3n) is 3.00. The minimum atomic E-state index is -1.09. The summed E-state index contributed by atoms with van der Waals surface area (Å²) in [7, 11) is 1.51. The molecule has 0 aromatic heterocycles. The third kappa shape index (κ3) is 3.33. The van der Waals surface area contributed by atoms with Crippen LogP contribution < -0.4 is 10.5 Å². The monoisotopic (exact) mass is 259 g/mol. The molecule has 1 aromatic carbocycles. The molecule has 0 radical (unpaired) electrons. The molecule has 0 bridgehead atoms. The minimum Gasteiger partial charge on any atom is -0.495 e. The molecular formula is C13H19ClFNO. The van der Waals surface area contributed by atoms with Gasteiger partial charge in [0.15, 0.2) is 0 Å². The van der Waals surface area contributed by atoms with Gasteiger partial charge in [-0.05, 0) is 30.2 Å². The van der Waals surface area contributed by atoms with Gasteiger partial charge in [0.2, 0.25) is 0 Å². The fourth-order valence-electron chi connectivity index (χ4n) is 1.82. The Morgan fingerprint density at radius 1 is 1.41 bits per heavy atom. The van der Waals surface area contributed by atoms with Gasteiger partial charge >= 0.3 is 0 Å². The van der Waals surface area contributed by atoms with E-state index in [1.807, 2.05) is 13.8 Å². The minimum absolute atomic E-state index is 0.191. The largest absolute Gasteiger partial charge is 0.495 e. The highest BCUT2D eigenvalue weighted by Gasteiger charge is 2.25. The summed E-state index contributed by atoms with van der Waals surface area (Å²) < 4.78 is 19.4. The van der Waals surface area contributed by atoms with Crippen LogP contribution in [0.15, 0.2) is 18.2 Å². The maximum atomic E-state index is 14.3. The van der Waals surface area contributed by atoms with E-state index in [0.29, 0.717) is 22.9 Å². The Labute approximate surface area is 107 Å². The molecule has 17 heavy (non-hydrogen) atoms. The number of hydrogen-bond acceptors (Lipinski definition) is 2. The number of benzene rings is 1. The van der Waals surface area contributed by atoms with E-state index < -0.39 is 6.17 Å². The Hall–Kier alpha value is -0.800. The summed E-state index contributed by atoms with van der Waals surface area (Å²) in [6.07, 6.45) is -1.09. The Morgan fingerprint density at radius 3 is 2.53 bits per heavy atom. The maximum absolute atomic E-state index is 14.3. The van der Waals surface area contributed by atoms with Crippen LogP contribution in [0.5, 0.6) is 5.75 Å². The quantitative estimate of drug-likeness (QED) is 0.877. The van der Waals surface area contributed by atoms with E-state index >= 15 is 0 Å². The van der Waals surface area contributed by atoms with Crippen LogP contribution in [0.2, 0.25) is 5.02 Å². The van der Waals surface area contributed by atoms with Crippen LogP contribution in [0.3, 0.4) is 0 Å². The number of nitrogens with two attached hydrogens (primary N) is 1. The van der Waals surface area contributed by atoms with Gasteiger partial charge in [-0.25, -0.2) is 4.39 Å². The lowest BCUT2D eigenvalue weighted by Gasteiger charge is -2.23. The zero-order chi connectivity index (χ0) is 13.0. The van der Waals surface area contributed by atoms with E-state index in [4.69, 9.17) is 22.1 Å². The topological polar surface area (TPSA) is 35.2 Å². The first-order chi connectivity index (χ1) is 8.01. The molecule has 2 N–H and O–H groups in total. The molecule has 0 saturated heterocycles. The van der Waals surface area contributed by atoms with Crippen LogP contribution in [0.1, 0.15) is 25.6 Å². The van der Waals surface area contributed by atoms with Crippen LogP contribution in [-0.2, 0) is 0 Å². The smallest absolute Gasteiger partial charge is 0.137 e. The Balaban J connectivity index is 2.99. The molecule has 0 spiro atoms. The molecule has 0 heterocycles. The zero-order valence-electron chi connectivity index (χ0n) is 10.4. The molecule has 2 nitrogen and oxygen atoms in total. The van der Waals surface area contributed by atoms with Gasteiger partial charge in [-0.3, -0.25) is 0 Å². The van der Waals surface area contributed by atoms with Gasteiger partial charge in [0.05, 0.1) is 12.1 Å². The highest BCUT2D eigenvalue weighted by molar-refractivity contribution is 6.32. The first-order valence-electron chi connectivity index (χ1n) is 5.68. The van der Waals surface area contributed by atoms with Gasteiger partial charge in [0.1, 0.15) is 11.9 Å². The molecule has 0 aliphatic rings. The van der Waals surface area contributed by atoms with Gasteiger partial charge in [-0.15, -0.1) is 0 Å². The normalized spacial score (nSPS) is 14.8. The number of methoxy groups -OCH3 is 1. The standard InChI is InChI=1S/C13H19ClFNO/c1-8(2)10(7-16)13(15)9-4-5-11(14)12(6-9)17-3/h4-6,8,10,13H,7,16H2,1-3H3. The lowest BCUT2D eigenvalue weighted by Crippen LogP contribution is -2.24. The lowest BCUT2D eigenvalue weighted by atomic mass is 9.87. The molecule has 0 fully saturated rings. The molecule has 2 atom stereocenters. The second-order valence-electron chi connectivity index (χ2n) is 4.44. The zero-order valence-corrected chi connectivity index (χ0v) is 11.2. The van der Waals surface area contributed by atoms with Gasteiger partial charge in [-0.1, -0.05) is 31.5 Å². The van der Waals surface area contributed by atoms with E-state index in [1.165, 1.54) is 7.11 Å². The van der Waals surface area contributed by atoms with Crippen molar-refractivity contribution in [2.24, 2.45) is 17.6 Å². The summed E-state index contributed by atoms with van der Waals surface area (Å²) in [4.78, 5) is 0. The second-order valence-corrected chi connectivity index (χ2v) is 4.85. The number of halogens is 2. The van der Waals surface area contributed by atoms with Crippen LogP contribution in [0.4, 0.5) is 4.39 Å². The first-order valence-corrected chi connectivity index (χ1v) is 6.06. The van der Waals surface area contributed by atoms with Crippen molar-refractivity contribution >= 4 is 11.6 Å². The van der Waals surface area contributed by atoms with E-state index in [1.54, 1.807) is 18.2 Å². The van der Waals surface area contributed by atoms with E-state index in [9.17, 15) is 4.39 Å². The SMILES string of the molecule is COc1cc(C(F)C(CN)C(C)C)ccc1Cl. The molecule has 0 amide bonds. The van der Waals surface area contributed by atoms with Gasteiger partial charge in [-0.2, -0.15) is 0 Å². The predicted molar refractivity (Wildman–Crippen MR) is 69.2 cm³/mol. The van der Waals surface area contributed by atoms with Gasteiger partial charge in [0.25, 0.3) is 0 Å². The third-order valence-corrected chi connectivity index (χ3v) is 3.31. The fraction of sp³-hybridized carbons (Fsp3) is 0.538. The number of rotatable bonds is 5. The van der Waals surface area contributed by atoms with Crippen molar-refractivity contribution in [2.45, 2.75) is 20.0 Å². The first kappa shape index (κ1) is 14.3. The van der Waals surface area contributed by atoms with E-state index in [-0.39, 0.29) is 11.8 Å². The number of alkyl halides is 1. The summed E-state index contributed by atoms with van der Waals surface area (Å²) >= 11 is 5.90. The highest BCUT2D eigenvalue weighted by Crippen LogP contribution is 2.35. The van der Waals surface area contributed by atoms with Crippen molar-refractivity contribution in [2.75, 3.05) is 13.7 Å². The highest BCUT2D eigenvalue weighted by atomic mass is 35.5. The van der Waals surface area contributed by atoms with Gasteiger partial charge in [0, 0.05) is 5.92 Å². The Bertz CT molecular complexity index is 370. The van der Waals surface area contributed by atoms with Crippen LogP contribution >= 0.6 is 11.6 Å². The molecule has 96 valence electrons. The molecular weight excluding hydrogens is 241 g/mol. The van der Waals surface area contributed by atoms with Crippen molar-refractivity contribution in [1.82, 2.24) is 0 Å². The summed E-state index contributed by atoms with van der Waals surface area (Å²) in [5.74, 6) is 0.490. The van der Waals surface area contributed by atoms with Crippen LogP contribution in [-0.4, -0.2) is 13.7 Å². The van der Waals surface area contributed by atoms with Crippen LogP contribution in [0, 0.1) is 11.8 Å². The van der Waals surface area contributed by atoms with Crippen LogP contribution in [0.25, 0.3) is 0 Å². The predicted octanol–water partition coefficient (Wildman–Crippen LogP) is 3.59. The van der Waals surface area contributed by atoms with E-state index in [2.05, 4.69) is 0 Å². The van der Waals surface area contributed by atoms with Crippen molar-refractivity contribution < 1.29 is 9.13 Å². The Morgan fingerprint density at radius 2 is 2.06 bits per heavy atom. The molecule has 1 rings (SSSR count). The Kier molecular flexibility index (Phi) is 5.22. The van der Waals surface area contributed by atoms with Crippen molar-refractivity contribution in [3.63, 3.8) is 0 Å². The summed E-state index contributed by atoms with van der Waals surface area (Å²) in [6.45, 7) is 4.26. The van der Waals surface area contributed by atoms with E-state index in [0.717, 1.165) is 0 Å². The lowest BCUT2D eigenvalue weighted by molar-refractivity contribution is 0.188. The molecule has 0 aliphatic carbocycles. The average molecular weight is 260 g/mol. The molecule has 1 aromatic rings. The molecule has 0 saturated carbocycles. The maximum Gasteiger partial charge on any atom is 0.137 e. The molecule has 0 aliphatic heterocycles. The second kappa shape index (κ2) is 6.22. The van der Waals surface area contributed by atoms with Crippen molar-refractivity contribution in [1.29, 1.82) is 0 Å².